The second-order valence-electron chi connectivity index (χ2n) is 6.78. The van der Waals surface area contributed by atoms with Gasteiger partial charge in [-0.3, -0.25) is 9.59 Å². The molecule has 0 radical (unpaired) electrons. The molecule has 0 aromatic heterocycles. The van der Waals surface area contributed by atoms with Gasteiger partial charge in [0.1, 0.15) is 0 Å². The van der Waals surface area contributed by atoms with Gasteiger partial charge in [-0.2, -0.15) is 0 Å². The molecule has 1 rings (SSSR count). The van der Waals surface area contributed by atoms with E-state index in [1.54, 1.807) is 0 Å². The highest BCUT2D eigenvalue weighted by molar-refractivity contribution is 7.95. The first-order chi connectivity index (χ1) is 8.55. The van der Waals surface area contributed by atoms with E-state index in [1.807, 2.05) is 71.9 Å². The minimum atomic E-state index is -1.43. The fraction of sp³-hybridized carbons (Fsp3) is 0.500. The summed E-state index contributed by atoms with van der Waals surface area (Å²) in [6, 6.07) is 9.45. The summed E-state index contributed by atoms with van der Waals surface area (Å²) in [5, 5.41) is 0.859. The standard InChI is InChI=1S/C16H23O2P/c1-15(2,3)13(17)19(14(18)16(4,5)6)12-10-8-7-9-11-12/h7-11H,1-6H3. The number of rotatable bonds is 3. The van der Waals surface area contributed by atoms with Crippen LogP contribution in [0.2, 0.25) is 0 Å². The van der Waals surface area contributed by atoms with Crippen molar-refractivity contribution in [3.63, 3.8) is 0 Å². The van der Waals surface area contributed by atoms with E-state index in [2.05, 4.69) is 0 Å². The third-order valence-electron chi connectivity index (χ3n) is 2.70. The highest BCUT2D eigenvalue weighted by Crippen LogP contribution is 2.48. The average Bonchev–Trinajstić information content (AvgIpc) is 2.28. The molecule has 1 aromatic rings. The Hall–Kier alpha value is -1.01. The maximum atomic E-state index is 12.7. The summed E-state index contributed by atoms with van der Waals surface area (Å²) >= 11 is 0. The van der Waals surface area contributed by atoms with E-state index in [0.717, 1.165) is 5.30 Å². The molecule has 0 fully saturated rings. The summed E-state index contributed by atoms with van der Waals surface area (Å²) in [6.07, 6.45) is 0. The van der Waals surface area contributed by atoms with Crippen LogP contribution in [0.25, 0.3) is 0 Å². The van der Waals surface area contributed by atoms with Gasteiger partial charge in [0.2, 0.25) is 0 Å². The van der Waals surface area contributed by atoms with E-state index in [1.165, 1.54) is 0 Å². The van der Waals surface area contributed by atoms with Crippen molar-refractivity contribution >= 4 is 24.3 Å². The number of hydrogen-bond acceptors (Lipinski definition) is 2. The van der Waals surface area contributed by atoms with E-state index >= 15 is 0 Å². The van der Waals surface area contributed by atoms with Gasteiger partial charge < -0.3 is 0 Å². The summed E-state index contributed by atoms with van der Waals surface area (Å²) in [5.41, 5.74) is -0.896. The lowest BCUT2D eigenvalue weighted by Gasteiger charge is -2.28. The van der Waals surface area contributed by atoms with Gasteiger partial charge in [-0.15, -0.1) is 0 Å². The Balaban J connectivity index is 3.28. The number of benzene rings is 1. The maximum absolute atomic E-state index is 12.7. The Morgan fingerprint density at radius 1 is 0.789 bits per heavy atom. The fourth-order valence-corrected chi connectivity index (χ4v) is 4.04. The lowest BCUT2D eigenvalue weighted by molar-refractivity contribution is -0.121. The van der Waals surface area contributed by atoms with Crippen LogP contribution in [0.3, 0.4) is 0 Å². The van der Waals surface area contributed by atoms with Crippen LogP contribution in [-0.2, 0) is 9.59 Å². The zero-order valence-electron chi connectivity index (χ0n) is 12.7. The topological polar surface area (TPSA) is 34.1 Å². The van der Waals surface area contributed by atoms with Gasteiger partial charge in [-0.25, -0.2) is 0 Å². The van der Waals surface area contributed by atoms with Gasteiger partial charge in [0.25, 0.3) is 0 Å². The van der Waals surface area contributed by atoms with Crippen molar-refractivity contribution in [2.45, 2.75) is 41.5 Å². The summed E-state index contributed by atoms with van der Waals surface area (Å²) < 4.78 is 0. The van der Waals surface area contributed by atoms with Crippen LogP contribution in [0.5, 0.6) is 0 Å². The molecule has 0 unspecified atom stereocenters. The first kappa shape index (κ1) is 16.0. The highest BCUT2D eigenvalue weighted by Gasteiger charge is 2.40. The normalized spacial score (nSPS) is 12.6. The molecule has 0 atom stereocenters. The van der Waals surface area contributed by atoms with Crippen LogP contribution < -0.4 is 5.30 Å². The monoisotopic (exact) mass is 278 g/mol. The minimum absolute atomic E-state index is 0.0497. The van der Waals surface area contributed by atoms with Crippen LogP contribution in [-0.4, -0.2) is 11.0 Å². The zero-order valence-corrected chi connectivity index (χ0v) is 13.5. The molecule has 104 valence electrons. The summed E-state index contributed by atoms with van der Waals surface area (Å²) in [6.45, 7) is 11.3. The lowest BCUT2D eigenvalue weighted by atomic mass is 9.99. The molecular weight excluding hydrogens is 255 g/mol. The molecule has 0 aliphatic heterocycles. The van der Waals surface area contributed by atoms with Gasteiger partial charge in [-0.05, 0) is 5.30 Å². The summed E-state index contributed by atoms with van der Waals surface area (Å²) in [5.74, 6) is 0. The molecule has 0 aliphatic carbocycles. The molecular formula is C16H23O2P. The molecule has 0 aliphatic rings. The van der Waals surface area contributed by atoms with Gasteiger partial charge in [0.15, 0.2) is 11.0 Å². The third-order valence-corrected chi connectivity index (χ3v) is 5.67. The van der Waals surface area contributed by atoms with Gasteiger partial charge >= 0.3 is 0 Å². The molecule has 0 saturated heterocycles. The molecule has 1 aromatic carbocycles. The average molecular weight is 278 g/mol. The Kier molecular flexibility index (Phi) is 4.68. The molecule has 2 nitrogen and oxygen atoms in total. The van der Waals surface area contributed by atoms with Crippen molar-refractivity contribution in [1.82, 2.24) is 0 Å². The van der Waals surface area contributed by atoms with Gasteiger partial charge in [0, 0.05) is 10.8 Å². The first-order valence-electron chi connectivity index (χ1n) is 6.49. The van der Waals surface area contributed by atoms with Crippen LogP contribution in [0.1, 0.15) is 41.5 Å². The van der Waals surface area contributed by atoms with Crippen molar-refractivity contribution < 1.29 is 9.59 Å². The quantitative estimate of drug-likeness (QED) is 0.785. The Bertz CT molecular complexity index is 438. The second kappa shape index (κ2) is 5.54. The van der Waals surface area contributed by atoms with Crippen molar-refractivity contribution in [2.24, 2.45) is 10.8 Å². The molecule has 0 bridgehead atoms. The second-order valence-corrected chi connectivity index (χ2v) is 8.78. The van der Waals surface area contributed by atoms with Crippen molar-refractivity contribution in [3.8, 4) is 0 Å². The van der Waals surface area contributed by atoms with E-state index in [4.69, 9.17) is 0 Å². The summed E-state index contributed by atoms with van der Waals surface area (Å²) in [7, 11) is -1.43. The van der Waals surface area contributed by atoms with Crippen LogP contribution in [0, 0.1) is 10.8 Å². The number of carbonyl (C=O) groups excluding carboxylic acids is 2. The number of hydrogen-bond donors (Lipinski definition) is 0. The maximum Gasteiger partial charge on any atom is 0.171 e. The first-order valence-corrected chi connectivity index (χ1v) is 7.83. The van der Waals surface area contributed by atoms with Gasteiger partial charge in [0.05, 0.1) is 7.92 Å². The molecule has 0 heterocycles. The molecule has 0 saturated carbocycles. The minimum Gasteiger partial charge on any atom is -0.293 e. The van der Waals surface area contributed by atoms with Crippen LogP contribution in [0.15, 0.2) is 30.3 Å². The molecule has 19 heavy (non-hydrogen) atoms. The van der Waals surface area contributed by atoms with Crippen LogP contribution >= 0.6 is 7.92 Å². The van der Waals surface area contributed by atoms with E-state index in [-0.39, 0.29) is 11.0 Å². The Morgan fingerprint density at radius 2 is 1.16 bits per heavy atom. The van der Waals surface area contributed by atoms with Crippen molar-refractivity contribution in [2.75, 3.05) is 0 Å². The molecule has 0 spiro atoms. The zero-order chi connectivity index (χ0) is 14.8. The third kappa shape index (κ3) is 3.98. The van der Waals surface area contributed by atoms with Crippen molar-refractivity contribution in [1.29, 1.82) is 0 Å². The smallest absolute Gasteiger partial charge is 0.171 e. The molecule has 0 amide bonds. The van der Waals surface area contributed by atoms with Crippen LogP contribution in [0.4, 0.5) is 0 Å². The lowest BCUT2D eigenvalue weighted by Crippen LogP contribution is -2.31. The molecule has 3 heteroatoms. The molecule has 0 N–H and O–H groups in total. The highest BCUT2D eigenvalue weighted by atomic mass is 31.1. The van der Waals surface area contributed by atoms with E-state index in [9.17, 15) is 9.59 Å². The SMILES string of the molecule is CC(C)(C)C(=O)P(C(=O)C(C)(C)C)c1ccccc1. The van der Waals surface area contributed by atoms with E-state index in [0.29, 0.717) is 0 Å². The Labute approximate surface area is 117 Å². The van der Waals surface area contributed by atoms with E-state index < -0.39 is 18.8 Å². The predicted octanol–water partition coefficient (Wildman–Crippen LogP) is 3.94. The predicted molar refractivity (Wildman–Crippen MR) is 81.9 cm³/mol. The van der Waals surface area contributed by atoms with Gasteiger partial charge in [-0.1, -0.05) is 71.9 Å². The Morgan fingerprint density at radius 3 is 1.47 bits per heavy atom. The number of carbonyl (C=O) groups is 2. The fourth-order valence-electron chi connectivity index (χ4n) is 1.57. The van der Waals surface area contributed by atoms with Crippen molar-refractivity contribution in [3.05, 3.63) is 30.3 Å². The largest absolute Gasteiger partial charge is 0.293 e. The summed E-state index contributed by atoms with van der Waals surface area (Å²) in [4.78, 5) is 25.3.